The summed E-state index contributed by atoms with van der Waals surface area (Å²) in [4.78, 5) is 31.6. The van der Waals surface area contributed by atoms with Gasteiger partial charge in [-0.15, -0.1) is 0 Å². The zero-order valence-corrected chi connectivity index (χ0v) is 33.2. The number of nitrogens with one attached hydrogen (secondary N) is 3. The molecule has 2 amide bonds. The van der Waals surface area contributed by atoms with Crippen molar-refractivity contribution in [3.63, 3.8) is 0 Å². The Balaban J connectivity index is 0.794. The zero-order valence-electron chi connectivity index (χ0n) is 33.2. The molecule has 0 spiro atoms. The number of hydrogen-bond donors (Lipinski definition) is 4. The van der Waals surface area contributed by atoms with Gasteiger partial charge in [-0.05, 0) is 115 Å². The molecule has 3 atom stereocenters. The van der Waals surface area contributed by atoms with Crippen molar-refractivity contribution in [3.05, 3.63) is 130 Å². The fourth-order valence-electron chi connectivity index (χ4n) is 11.5. The number of ether oxygens (including phenoxy) is 2. The third-order valence-corrected chi connectivity index (χ3v) is 13.9. The van der Waals surface area contributed by atoms with E-state index >= 15 is 0 Å². The first-order chi connectivity index (χ1) is 28.3. The molecule has 6 aliphatic rings. The van der Waals surface area contributed by atoms with Crippen LogP contribution in [0.15, 0.2) is 102 Å². The van der Waals surface area contributed by atoms with Gasteiger partial charge in [-0.3, -0.25) is 4.57 Å². The number of rotatable bonds is 10. The third-order valence-electron chi connectivity index (χ3n) is 13.9. The number of aliphatic hydroxyl groups excluding tert-OH is 1. The molecule has 4 aliphatic carbocycles. The molecule has 5 aromatic rings. The maximum absolute atomic E-state index is 13.2. The van der Waals surface area contributed by atoms with Gasteiger partial charge in [0.15, 0.2) is 6.29 Å². The van der Waals surface area contributed by atoms with Crippen molar-refractivity contribution < 1.29 is 19.4 Å². The second kappa shape index (κ2) is 15.8. The van der Waals surface area contributed by atoms with Gasteiger partial charge in [-0.2, -0.15) is 0 Å². The number of imidazole rings is 1. The monoisotopic (exact) mass is 781 g/mol. The highest BCUT2D eigenvalue weighted by atomic mass is 16.7. The number of aliphatic hydroxyl groups is 1. The number of para-hydroxylation sites is 2. The summed E-state index contributed by atoms with van der Waals surface area (Å²) in [7, 11) is 0. The topological polar surface area (TPSA) is 121 Å². The highest BCUT2D eigenvalue weighted by molar-refractivity contribution is 5.75. The average Bonchev–Trinajstić information content (AvgIpc) is 3.58. The van der Waals surface area contributed by atoms with Crippen molar-refractivity contribution in [2.24, 2.45) is 17.8 Å². The van der Waals surface area contributed by atoms with Crippen LogP contribution in [0.5, 0.6) is 0 Å². The van der Waals surface area contributed by atoms with Crippen molar-refractivity contribution in [1.82, 2.24) is 25.1 Å². The number of piperidine rings is 1. The van der Waals surface area contributed by atoms with E-state index in [1.54, 1.807) is 0 Å². The fraction of sp³-hybridized carbons (Fsp3) is 0.458. The van der Waals surface area contributed by atoms with E-state index in [0.29, 0.717) is 6.54 Å². The standard InChI is InChI=1S/C48H55N5O5/c54-30-31-8-10-37(11-9-31)44-24-41(29-52-18-16-40(17-19-52)53-43-7-2-1-6-42(43)50-47(53)56)57-45(58-44)38-14-12-36(13-15-38)39-5-3-4-32(23-39)28-49-46(55)51-48-25-33-20-34(26-48)22-35(21-33)27-48/h1-15,23,33-35,40-41,44-45,54H,16-22,24-30H2,(H,50,56)(H2,49,51,55)/t33?,34?,35?,41-,44+,45+,48?/m1/s1. The summed E-state index contributed by atoms with van der Waals surface area (Å²) in [5.41, 5.74) is 7.97. The summed E-state index contributed by atoms with van der Waals surface area (Å²) >= 11 is 0. The van der Waals surface area contributed by atoms with Crippen LogP contribution in [0.25, 0.3) is 22.2 Å². The summed E-state index contributed by atoms with van der Waals surface area (Å²) < 4.78 is 15.4. The van der Waals surface area contributed by atoms with Crippen LogP contribution in [-0.2, 0) is 22.6 Å². The van der Waals surface area contributed by atoms with E-state index in [9.17, 15) is 14.7 Å². The van der Waals surface area contributed by atoms with Crippen LogP contribution in [0.4, 0.5) is 4.79 Å². The molecule has 2 aliphatic heterocycles. The molecule has 58 heavy (non-hydrogen) atoms. The lowest BCUT2D eigenvalue weighted by Gasteiger charge is -2.56. The first-order valence-electron chi connectivity index (χ1n) is 21.5. The molecule has 10 heteroatoms. The Morgan fingerprint density at radius 2 is 1.48 bits per heavy atom. The minimum atomic E-state index is -0.541. The SMILES string of the molecule is O=C(NCc1cccc(-c2ccc([C@H]3O[C@@H](CN4CCC(n5c(=O)[nH]c6ccccc65)CC4)C[C@@H](c4ccc(CO)cc4)O3)cc2)c1)NC12CC3CC(CC(C3)C1)C2. The van der Waals surface area contributed by atoms with Crippen LogP contribution < -0.4 is 16.3 Å². The van der Waals surface area contributed by atoms with Gasteiger partial charge in [0, 0.05) is 49.7 Å². The highest BCUT2D eigenvalue weighted by Crippen LogP contribution is 2.55. The summed E-state index contributed by atoms with van der Waals surface area (Å²) in [6.07, 6.45) is 9.25. The normalized spacial score (nSPS) is 28.5. The zero-order chi connectivity index (χ0) is 39.2. The Morgan fingerprint density at radius 3 is 2.21 bits per heavy atom. The van der Waals surface area contributed by atoms with Gasteiger partial charge in [-0.25, -0.2) is 9.59 Å². The maximum atomic E-state index is 13.2. The fourth-order valence-corrected chi connectivity index (χ4v) is 11.5. The average molecular weight is 782 g/mol. The highest BCUT2D eigenvalue weighted by Gasteiger charge is 2.51. The number of aromatic amines is 1. The first-order valence-corrected chi connectivity index (χ1v) is 21.5. The summed E-state index contributed by atoms with van der Waals surface area (Å²) in [6.45, 7) is 3.03. The molecule has 4 N–H and O–H groups in total. The van der Waals surface area contributed by atoms with Gasteiger partial charge in [0.25, 0.3) is 0 Å². The van der Waals surface area contributed by atoms with Crippen molar-refractivity contribution in [2.45, 2.75) is 101 Å². The van der Waals surface area contributed by atoms with E-state index in [0.717, 1.165) is 120 Å². The van der Waals surface area contributed by atoms with Gasteiger partial charge in [0.1, 0.15) is 0 Å². The molecule has 1 aromatic heterocycles. The van der Waals surface area contributed by atoms with Crippen LogP contribution in [0.3, 0.4) is 0 Å². The molecule has 3 heterocycles. The van der Waals surface area contributed by atoms with Crippen molar-refractivity contribution in [1.29, 1.82) is 0 Å². The van der Waals surface area contributed by atoms with Gasteiger partial charge in [0.2, 0.25) is 0 Å². The van der Waals surface area contributed by atoms with E-state index < -0.39 is 6.29 Å². The molecule has 302 valence electrons. The molecule has 11 rings (SSSR count). The molecule has 6 fully saturated rings. The Kier molecular flexibility index (Phi) is 10.2. The van der Waals surface area contributed by atoms with E-state index in [1.807, 2.05) is 41.0 Å². The van der Waals surface area contributed by atoms with E-state index in [1.165, 1.54) is 19.3 Å². The molecule has 10 nitrogen and oxygen atoms in total. The summed E-state index contributed by atoms with van der Waals surface area (Å²) in [5.74, 6) is 2.37. The maximum Gasteiger partial charge on any atom is 0.326 e. The van der Waals surface area contributed by atoms with Crippen molar-refractivity contribution in [2.75, 3.05) is 19.6 Å². The molecule has 0 radical (unpaired) electrons. The number of H-pyrrole nitrogens is 1. The number of carbonyl (C=O) groups is 1. The largest absolute Gasteiger partial charge is 0.392 e. The van der Waals surface area contributed by atoms with E-state index in [-0.39, 0.29) is 42.1 Å². The number of aromatic nitrogens is 2. The lowest BCUT2D eigenvalue weighted by Crippen LogP contribution is -2.61. The number of amides is 2. The Labute approximate surface area is 339 Å². The minimum Gasteiger partial charge on any atom is -0.392 e. The van der Waals surface area contributed by atoms with Gasteiger partial charge in [0.05, 0.1) is 29.8 Å². The van der Waals surface area contributed by atoms with Gasteiger partial charge in [-0.1, -0.05) is 78.9 Å². The van der Waals surface area contributed by atoms with Gasteiger partial charge < -0.3 is 35.1 Å². The second-order valence-electron chi connectivity index (χ2n) is 18.0. The Bertz CT molecular complexity index is 2260. The lowest BCUT2D eigenvalue weighted by molar-refractivity contribution is -0.253. The van der Waals surface area contributed by atoms with Crippen LogP contribution >= 0.6 is 0 Å². The molecular formula is C48H55N5O5. The first kappa shape index (κ1) is 37.5. The minimum absolute atomic E-state index is 0.00210. The predicted molar refractivity (Wildman–Crippen MR) is 224 cm³/mol. The molecule has 0 unspecified atom stereocenters. The van der Waals surface area contributed by atoms with Crippen molar-refractivity contribution >= 4 is 17.1 Å². The van der Waals surface area contributed by atoms with E-state index in [2.05, 4.69) is 81.2 Å². The smallest absolute Gasteiger partial charge is 0.326 e. The Morgan fingerprint density at radius 1 is 0.776 bits per heavy atom. The van der Waals surface area contributed by atoms with E-state index in [4.69, 9.17) is 9.47 Å². The van der Waals surface area contributed by atoms with Crippen LogP contribution in [0.2, 0.25) is 0 Å². The molecule has 4 aromatic carbocycles. The number of fused-ring (bicyclic) bond motifs is 1. The summed E-state index contributed by atoms with van der Waals surface area (Å²) in [5, 5.41) is 16.3. The number of carbonyl (C=O) groups excluding carboxylic acids is 1. The summed E-state index contributed by atoms with van der Waals surface area (Å²) in [6, 6.07) is 32.9. The number of benzene rings is 4. The van der Waals surface area contributed by atoms with Gasteiger partial charge >= 0.3 is 11.7 Å². The Hall–Kier alpha value is -4.74. The number of likely N-dealkylation sites (tertiary alicyclic amines) is 1. The molecular weight excluding hydrogens is 727 g/mol. The van der Waals surface area contributed by atoms with Crippen LogP contribution in [0, 0.1) is 17.8 Å². The predicted octanol–water partition coefficient (Wildman–Crippen LogP) is 8.14. The molecule has 4 bridgehead atoms. The lowest BCUT2D eigenvalue weighted by atomic mass is 9.53. The van der Waals surface area contributed by atoms with Crippen LogP contribution in [-0.4, -0.2) is 56.9 Å². The third kappa shape index (κ3) is 7.75. The second-order valence-corrected chi connectivity index (χ2v) is 18.0. The molecule has 2 saturated heterocycles. The quantitative estimate of drug-likeness (QED) is 0.114. The number of hydrogen-bond acceptors (Lipinski definition) is 6. The van der Waals surface area contributed by atoms with Crippen molar-refractivity contribution in [3.8, 4) is 11.1 Å². The number of urea groups is 1. The van der Waals surface area contributed by atoms with Crippen LogP contribution in [0.1, 0.15) is 98.5 Å². The molecule has 4 saturated carbocycles. The number of nitrogens with zero attached hydrogens (tertiary/aromatic N) is 2.